The number of nitrogens with zero attached hydrogens (tertiary/aromatic N) is 2. The topological polar surface area (TPSA) is 84.3 Å². The molecule has 4 bridgehead atoms. The Kier molecular flexibility index (Phi) is 4.36. The number of aliphatic hydroxyl groups is 1. The van der Waals surface area contributed by atoms with E-state index < -0.39 is 5.60 Å². The molecule has 0 radical (unpaired) electrons. The van der Waals surface area contributed by atoms with Gasteiger partial charge in [0.2, 0.25) is 11.2 Å². The van der Waals surface area contributed by atoms with Crippen LogP contribution in [0, 0.1) is 17.8 Å². The summed E-state index contributed by atoms with van der Waals surface area (Å²) >= 11 is 5.84. The van der Waals surface area contributed by atoms with Crippen LogP contribution in [0.2, 0.25) is 5.28 Å². The van der Waals surface area contributed by atoms with Gasteiger partial charge >= 0.3 is 0 Å². The number of hydrogen-bond donors (Lipinski definition) is 2. The zero-order chi connectivity index (χ0) is 17.6. The van der Waals surface area contributed by atoms with Crippen LogP contribution in [0.4, 0.5) is 0 Å². The van der Waals surface area contributed by atoms with Crippen molar-refractivity contribution in [3.05, 3.63) is 17.0 Å². The average molecular weight is 366 g/mol. The molecule has 4 aliphatic carbocycles. The predicted molar refractivity (Wildman–Crippen MR) is 92.6 cm³/mol. The van der Waals surface area contributed by atoms with Gasteiger partial charge in [0.05, 0.1) is 12.2 Å². The van der Waals surface area contributed by atoms with Crippen molar-refractivity contribution in [3.63, 3.8) is 0 Å². The Morgan fingerprint density at radius 3 is 2.76 bits per heavy atom. The standard InChI is InChI=1S/C18H24ClN3O3/c1-2-3-25-16-13(9-20-17(19)22-16)15(23)21-14-11-4-10-5-12(14)8-18(24,6-10)7-11/h9-12,14,24H,2-8H2,1H3,(H,21,23)/t10?,11?,12?,14-,18+. The monoisotopic (exact) mass is 365 g/mol. The van der Waals surface area contributed by atoms with E-state index in [1.807, 2.05) is 6.92 Å². The molecule has 4 saturated carbocycles. The second kappa shape index (κ2) is 6.40. The van der Waals surface area contributed by atoms with Crippen molar-refractivity contribution in [2.45, 2.75) is 57.1 Å². The Morgan fingerprint density at radius 1 is 1.40 bits per heavy atom. The molecule has 1 aromatic heterocycles. The molecule has 2 atom stereocenters. The number of carbonyl (C=O) groups excluding carboxylic acids is 1. The summed E-state index contributed by atoms with van der Waals surface area (Å²) in [5, 5.41) is 13.9. The van der Waals surface area contributed by atoms with Crippen molar-refractivity contribution in [1.82, 2.24) is 15.3 Å². The lowest BCUT2D eigenvalue weighted by atomic mass is 9.52. The first-order valence-electron chi connectivity index (χ1n) is 9.16. The molecule has 1 aromatic rings. The summed E-state index contributed by atoms with van der Waals surface area (Å²) in [6.07, 6.45) is 6.96. The highest BCUT2D eigenvalue weighted by atomic mass is 35.5. The third-order valence-electron chi connectivity index (χ3n) is 5.95. The fourth-order valence-electron chi connectivity index (χ4n) is 5.26. The molecule has 4 fully saturated rings. The summed E-state index contributed by atoms with van der Waals surface area (Å²) in [5.41, 5.74) is -0.179. The lowest BCUT2D eigenvalue weighted by Crippen LogP contribution is -2.61. The number of hydrogen-bond acceptors (Lipinski definition) is 5. The van der Waals surface area contributed by atoms with Gasteiger partial charge in [0.1, 0.15) is 5.56 Å². The van der Waals surface area contributed by atoms with E-state index in [0.29, 0.717) is 29.9 Å². The lowest BCUT2D eigenvalue weighted by Gasteiger charge is -2.58. The molecule has 136 valence electrons. The summed E-state index contributed by atoms with van der Waals surface area (Å²) in [6, 6.07) is 0.110. The number of nitrogens with one attached hydrogen (secondary N) is 1. The van der Waals surface area contributed by atoms with Crippen LogP contribution < -0.4 is 10.1 Å². The van der Waals surface area contributed by atoms with Gasteiger partial charge in [-0.15, -0.1) is 0 Å². The normalized spacial score (nSPS) is 35.6. The van der Waals surface area contributed by atoms with Crippen LogP contribution in [0.25, 0.3) is 0 Å². The minimum atomic E-state index is -0.503. The first-order valence-corrected chi connectivity index (χ1v) is 9.54. The highest BCUT2D eigenvalue weighted by molar-refractivity contribution is 6.28. The van der Waals surface area contributed by atoms with Gasteiger partial charge in [-0.1, -0.05) is 6.92 Å². The van der Waals surface area contributed by atoms with E-state index in [1.165, 1.54) is 6.20 Å². The average Bonchev–Trinajstić information content (AvgIpc) is 2.54. The number of ether oxygens (including phenoxy) is 1. The first kappa shape index (κ1) is 17.0. The Balaban J connectivity index is 1.51. The highest BCUT2D eigenvalue weighted by Gasteiger charge is 2.55. The number of rotatable bonds is 5. The van der Waals surface area contributed by atoms with Gasteiger partial charge < -0.3 is 15.2 Å². The Hall–Kier alpha value is -1.40. The molecule has 2 N–H and O–H groups in total. The Labute approximate surface area is 152 Å². The summed E-state index contributed by atoms with van der Waals surface area (Å²) in [5.74, 6) is 1.34. The van der Waals surface area contributed by atoms with Crippen LogP contribution in [0.1, 0.15) is 55.8 Å². The summed E-state index contributed by atoms with van der Waals surface area (Å²) in [6.45, 7) is 2.46. The molecule has 25 heavy (non-hydrogen) atoms. The number of aromatic nitrogens is 2. The quantitative estimate of drug-likeness (QED) is 0.783. The lowest BCUT2D eigenvalue weighted by molar-refractivity contribution is -0.136. The minimum Gasteiger partial charge on any atom is -0.477 e. The summed E-state index contributed by atoms with van der Waals surface area (Å²) in [7, 11) is 0. The highest BCUT2D eigenvalue weighted by Crippen LogP contribution is 2.55. The molecule has 6 nitrogen and oxygen atoms in total. The molecule has 5 rings (SSSR count). The maximum atomic E-state index is 12.8. The Morgan fingerprint density at radius 2 is 2.12 bits per heavy atom. The smallest absolute Gasteiger partial charge is 0.258 e. The van der Waals surface area contributed by atoms with Crippen LogP contribution in [0.3, 0.4) is 0 Å². The summed E-state index contributed by atoms with van der Waals surface area (Å²) < 4.78 is 5.58. The van der Waals surface area contributed by atoms with Gasteiger partial charge in [-0.2, -0.15) is 4.98 Å². The summed E-state index contributed by atoms with van der Waals surface area (Å²) in [4.78, 5) is 20.8. The van der Waals surface area contributed by atoms with Crippen LogP contribution in [0.15, 0.2) is 6.20 Å². The van der Waals surface area contributed by atoms with Gasteiger partial charge in [-0.25, -0.2) is 4.98 Å². The molecule has 0 aromatic carbocycles. The van der Waals surface area contributed by atoms with E-state index in [1.54, 1.807) is 0 Å². The van der Waals surface area contributed by atoms with E-state index in [9.17, 15) is 9.90 Å². The second-order valence-electron chi connectivity index (χ2n) is 7.90. The van der Waals surface area contributed by atoms with Crippen molar-refractivity contribution >= 4 is 17.5 Å². The van der Waals surface area contributed by atoms with Gasteiger partial charge in [-0.05, 0) is 67.9 Å². The first-order chi connectivity index (χ1) is 12.0. The fourth-order valence-corrected chi connectivity index (χ4v) is 5.38. The number of amides is 1. The molecular weight excluding hydrogens is 342 g/mol. The van der Waals surface area contributed by atoms with Gasteiger partial charge in [-0.3, -0.25) is 4.79 Å². The molecule has 0 spiro atoms. The molecule has 7 heteroatoms. The van der Waals surface area contributed by atoms with Crippen molar-refractivity contribution in [2.75, 3.05) is 6.61 Å². The molecule has 0 saturated heterocycles. The van der Waals surface area contributed by atoms with Gasteiger partial charge in [0.15, 0.2) is 0 Å². The fraction of sp³-hybridized carbons (Fsp3) is 0.722. The third kappa shape index (κ3) is 3.22. The Bertz CT molecular complexity index is 668. The van der Waals surface area contributed by atoms with E-state index in [2.05, 4.69) is 15.3 Å². The molecule has 1 heterocycles. The largest absolute Gasteiger partial charge is 0.477 e. The van der Waals surface area contributed by atoms with Crippen LogP contribution in [-0.4, -0.2) is 39.2 Å². The van der Waals surface area contributed by atoms with Crippen LogP contribution >= 0.6 is 11.6 Å². The van der Waals surface area contributed by atoms with E-state index in [0.717, 1.165) is 38.5 Å². The van der Waals surface area contributed by atoms with Crippen molar-refractivity contribution in [1.29, 1.82) is 0 Å². The maximum absolute atomic E-state index is 12.8. The molecular formula is C18H24ClN3O3. The van der Waals surface area contributed by atoms with Gasteiger partial charge in [0, 0.05) is 12.2 Å². The van der Waals surface area contributed by atoms with E-state index in [-0.39, 0.29) is 23.1 Å². The zero-order valence-corrected chi connectivity index (χ0v) is 15.1. The molecule has 4 aliphatic rings. The molecule has 1 amide bonds. The van der Waals surface area contributed by atoms with Crippen molar-refractivity contribution in [2.24, 2.45) is 17.8 Å². The predicted octanol–water partition coefficient (Wildman–Crippen LogP) is 2.59. The third-order valence-corrected chi connectivity index (χ3v) is 6.13. The number of halogens is 1. The number of carbonyl (C=O) groups is 1. The van der Waals surface area contributed by atoms with Crippen molar-refractivity contribution < 1.29 is 14.6 Å². The van der Waals surface area contributed by atoms with Crippen LogP contribution in [-0.2, 0) is 0 Å². The SMILES string of the molecule is CCCOc1nc(Cl)ncc1C(=O)N[C@H]1C2CC3CC1C[C@@](O)(C3)C2. The molecule has 0 aliphatic heterocycles. The van der Waals surface area contributed by atoms with Gasteiger partial charge in [0.25, 0.3) is 5.91 Å². The molecule has 2 unspecified atom stereocenters. The second-order valence-corrected chi connectivity index (χ2v) is 8.24. The van der Waals surface area contributed by atoms with E-state index >= 15 is 0 Å². The minimum absolute atomic E-state index is 0.0690. The maximum Gasteiger partial charge on any atom is 0.258 e. The van der Waals surface area contributed by atoms with E-state index in [4.69, 9.17) is 16.3 Å². The van der Waals surface area contributed by atoms with Crippen molar-refractivity contribution in [3.8, 4) is 5.88 Å². The zero-order valence-electron chi connectivity index (χ0n) is 14.4. The van der Waals surface area contributed by atoms with Crippen LogP contribution in [0.5, 0.6) is 5.88 Å².